The molecule has 5 heteroatoms. The molecule has 18 heavy (non-hydrogen) atoms. The second-order valence-corrected chi connectivity index (χ2v) is 4.27. The van der Waals surface area contributed by atoms with Crippen molar-refractivity contribution in [1.82, 2.24) is 5.32 Å². The van der Waals surface area contributed by atoms with Crippen LogP contribution in [0.5, 0.6) is 0 Å². The van der Waals surface area contributed by atoms with E-state index in [1.807, 2.05) is 18.9 Å². The molecular weight excluding hydrogens is 230 g/mol. The molecule has 0 saturated heterocycles. The third-order valence-electron chi connectivity index (χ3n) is 2.94. The fourth-order valence-electron chi connectivity index (χ4n) is 1.76. The second kappa shape index (κ2) is 6.26. The van der Waals surface area contributed by atoms with Crippen LogP contribution in [0.1, 0.15) is 17.3 Å². The van der Waals surface area contributed by atoms with E-state index >= 15 is 0 Å². The largest absolute Gasteiger partial charge is 0.399 e. The molecule has 1 unspecified atom stereocenters. The van der Waals surface area contributed by atoms with Gasteiger partial charge in [0.25, 0.3) is 5.91 Å². The van der Waals surface area contributed by atoms with E-state index in [0.29, 0.717) is 17.9 Å². The van der Waals surface area contributed by atoms with Gasteiger partial charge < -0.3 is 20.7 Å². The summed E-state index contributed by atoms with van der Waals surface area (Å²) >= 11 is 0. The highest BCUT2D eigenvalue weighted by molar-refractivity contribution is 6.00. The van der Waals surface area contributed by atoms with Crippen molar-refractivity contribution in [2.24, 2.45) is 0 Å². The number of nitrogen functional groups attached to an aromatic ring is 1. The van der Waals surface area contributed by atoms with E-state index in [-0.39, 0.29) is 11.9 Å². The van der Waals surface area contributed by atoms with Gasteiger partial charge in [-0.25, -0.2) is 0 Å². The van der Waals surface area contributed by atoms with Crippen LogP contribution >= 0.6 is 0 Å². The number of hydrogen-bond donors (Lipinski definition) is 2. The van der Waals surface area contributed by atoms with E-state index in [2.05, 4.69) is 5.32 Å². The maximum Gasteiger partial charge on any atom is 0.253 e. The van der Waals surface area contributed by atoms with Crippen LogP contribution in [0.25, 0.3) is 0 Å². The summed E-state index contributed by atoms with van der Waals surface area (Å²) in [5.41, 5.74) is 7.84. The molecule has 1 atom stereocenters. The van der Waals surface area contributed by atoms with E-state index < -0.39 is 0 Å². The fraction of sp³-hybridized carbons (Fsp3) is 0.462. The molecule has 0 bridgehead atoms. The lowest BCUT2D eigenvalue weighted by molar-refractivity contribution is 0.0963. The van der Waals surface area contributed by atoms with Crippen molar-refractivity contribution in [2.75, 3.05) is 38.4 Å². The predicted octanol–water partition coefficient (Wildman–Crippen LogP) is 1.10. The number of carbonyl (C=O) groups is 1. The summed E-state index contributed by atoms with van der Waals surface area (Å²) in [5, 5.41) is 2.63. The lowest BCUT2D eigenvalue weighted by atomic mass is 10.1. The SMILES string of the molecule is CNC(=O)c1ccc(N)cc1N(C)C(C)COC. The highest BCUT2D eigenvalue weighted by Crippen LogP contribution is 2.24. The Morgan fingerprint density at radius 3 is 2.78 bits per heavy atom. The van der Waals surface area contributed by atoms with Crippen molar-refractivity contribution >= 4 is 17.3 Å². The van der Waals surface area contributed by atoms with Crippen molar-refractivity contribution in [3.63, 3.8) is 0 Å². The van der Waals surface area contributed by atoms with Gasteiger partial charge in [0.05, 0.1) is 17.9 Å². The number of methoxy groups -OCH3 is 1. The number of ether oxygens (including phenoxy) is 1. The first-order valence-electron chi connectivity index (χ1n) is 5.84. The molecule has 0 spiro atoms. The third-order valence-corrected chi connectivity index (χ3v) is 2.94. The lowest BCUT2D eigenvalue weighted by Gasteiger charge is -2.28. The molecule has 1 amide bonds. The molecule has 0 aliphatic rings. The van der Waals surface area contributed by atoms with Gasteiger partial charge >= 0.3 is 0 Å². The van der Waals surface area contributed by atoms with Gasteiger partial charge in [0.15, 0.2) is 0 Å². The number of nitrogens with zero attached hydrogens (tertiary/aromatic N) is 1. The van der Waals surface area contributed by atoms with Crippen molar-refractivity contribution in [3.05, 3.63) is 23.8 Å². The lowest BCUT2D eigenvalue weighted by Crippen LogP contribution is -2.34. The average molecular weight is 251 g/mol. The van der Waals surface area contributed by atoms with Crippen LogP contribution < -0.4 is 16.0 Å². The number of nitrogens with one attached hydrogen (secondary N) is 1. The molecule has 3 N–H and O–H groups in total. The van der Waals surface area contributed by atoms with Crippen LogP contribution in [0, 0.1) is 0 Å². The molecule has 1 rings (SSSR count). The quantitative estimate of drug-likeness (QED) is 0.769. The first kappa shape index (κ1) is 14.3. The number of nitrogens with two attached hydrogens (primary N) is 1. The second-order valence-electron chi connectivity index (χ2n) is 4.27. The molecular formula is C13H21N3O2. The number of anilines is 2. The molecule has 1 aromatic carbocycles. The minimum Gasteiger partial charge on any atom is -0.399 e. The molecule has 0 aliphatic heterocycles. The normalized spacial score (nSPS) is 12.0. The van der Waals surface area contributed by atoms with E-state index in [9.17, 15) is 4.79 Å². The van der Waals surface area contributed by atoms with Gasteiger partial charge in [-0.1, -0.05) is 0 Å². The van der Waals surface area contributed by atoms with Gasteiger partial charge in [-0.2, -0.15) is 0 Å². The number of carbonyl (C=O) groups excluding carboxylic acids is 1. The standard InChI is InChI=1S/C13H21N3O2/c1-9(8-18-4)16(3)12-7-10(14)5-6-11(12)13(17)15-2/h5-7,9H,8,14H2,1-4H3,(H,15,17). The molecule has 0 heterocycles. The van der Waals surface area contributed by atoms with Crippen LogP contribution in [0.2, 0.25) is 0 Å². The monoisotopic (exact) mass is 251 g/mol. The minimum atomic E-state index is -0.124. The Bertz CT molecular complexity index is 421. The third kappa shape index (κ3) is 3.13. The highest BCUT2D eigenvalue weighted by atomic mass is 16.5. The highest BCUT2D eigenvalue weighted by Gasteiger charge is 2.17. The van der Waals surface area contributed by atoms with Crippen molar-refractivity contribution < 1.29 is 9.53 Å². The molecule has 0 aliphatic carbocycles. The Balaban J connectivity index is 3.12. The molecule has 0 radical (unpaired) electrons. The fourth-order valence-corrected chi connectivity index (χ4v) is 1.76. The zero-order valence-corrected chi connectivity index (χ0v) is 11.4. The van der Waals surface area contributed by atoms with Crippen molar-refractivity contribution in [2.45, 2.75) is 13.0 Å². The van der Waals surface area contributed by atoms with Crippen LogP contribution in [0.4, 0.5) is 11.4 Å². The summed E-state index contributed by atoms with van der Waals surface area (Å²) in [6.07, 6.45) is 0. The summed E-state index contributed by atoms with van der Waals surface area (Å²) in [5.74, 6) is -0.124. The van der Waals surface area contributed by atoms with E-state index in [4.69, 9.17) is 10.5 Å². The molecule has 0 fully saturated rings. The number of rotatable bonds is 5. The van der Waals surface area contributed by atoms with Crippen molar-refractivity contribution in [3.8, 4) is 0 Å². The Morgan fingerprint density at radius 2 is 2.22 bits per heavy atom. The first-order chi connectivity index (χ1) is 8.51. The summed E-state index contributed by atoms with van der Waals surface area (Å²) < 4.78 is 5.13. The van der Waals surface area contributed by atoms with E-state index in [0.717, 1.165) is 5.69 Å². The number of hydrogen-bond acceptors (Lipinski definition) is 4. The molecule has 5 nitrogen and oxygen atoms in total. The smallest absolute Gasteiger partial charge is 0.253 e. The van der Waals surface area contributed by atoms with Gasteiger partial charge in [0, 0.05) is 32.9 Å². The van der Waals surface area contributed by atoms with Gasteiger partial charge in [0.1, 0.15) is 0 Å². The maximum absolute atomic E-state index is 11.8. The molecule has 100 valence electrons. The number of likely N-dealkylation sites (N-methyl/N-ethyl adjacent to an activating group) is 1. The average Bonchev–Trinajstić information content (AvgIpc) is 2.37. The number of benzene rings is 1. The Hall–Kier alpha value is -1.75. The zero-order chi connectivity index (χ0) is 13.7. The van der Waals surface area contributed by atoms with Crippen LogP contribution in [0.15, 0.2) is 18.2 Å². The Morgan fingerprint density at radius 1 is 1.56 bits per heavy atom. The molecule has 1 aromatic rings. The Kier molecular flexibility index (Phi) is 4.97. The van der Waals surface area contributed by atoms with E-state index in [1.165, 1.54) is 0 Å². The van der Waals surface area contributed by atoms with Crippen LogP contribution in [-0.2, 0) is 4.74 Å². The summed E-state index contributed by atoms with van der Waals surface area (Å²) in [6.45, 7) is 2.61. The van der Waals surface area contributed by atoms with Gasteiger partial charge in [-0.05, 0) is 25.1 Å². The van der Waals surface area contributed by atoms with E-state index in [1.54, 1.807) is 32.4 Å². The van der Waals surface area contributed by atoms with Gasteiger partial charge in [0.2, 0.25) is 0 Å². The summed E-state index contributed by atoms with van der Waals surface area (Å²) in [4.78, 5) is 13.8. The molecule has 0 saturated carbocycles. The number of amides is 1. The van der Waals surface area contributed by atoms with Crippen LogP contribution in [-0.4, -0.2) is 39.8 Å². The predicted molar refractivity (Wildman–Crippen MR) is 74.0 cm³/mol. The summed E-state index contributed by atoms with van der Waals surface area (Å²) in [6, 6.07) is 5.42. The molecule has 0 aromatic heterocycles. The first-order valence-corrected chi connectivity index (χ1v) is 5.84. The van der Waals surface area contributed by atoms with Gasteiger partial charge in [-0.3, -0.25) is 4.79 Å². The zero-order valence-electron chi connectivity index (χ0n) is 11.4. The maximum atomic E-state index is 11.8. The topological polar surface area (TPSA) is 67.6 Å². The Labute approximate surface area is 108 Å². The van der Waals surface area contributed by atoms with Gasteiger partial charge in [-0.15, -0.1) is 0 Å². The van der Waals surface area contributed by atoms with Crippen LogP contribution in [0.3, 0.4) is 0 Å². The van der Waals surface area contributed by atoms with Crippen molar-refractivity contribution in [1.29, 1.82) is 0 Å². The summed E-state index contributed by atoms with van der Waals surface area (Å²) in [7, 11) is 5.19. The minimum absolute atomic E-state index is 0.124.